The molecular formula is C18H34N2O4Si. The van der Waals surface area contributed by atoms with Crippen LogP contribution in [0.2, 0.25) is 18.1 Å². The van der Waals surface area contributed by atoms with Crippen LogP contribution in [0.4, 0.5) is 4.79 Å². The molecule has 25 heavy (non-hydrogen) atoms. The van der Waals surface area contributed by atoms with Gasteiger partial charge < -0.3 is 19.4 Å². The van der Waals surface area contributed by atoms with Crippen molar-refractivity contribution < 1.29 is 18.8 Å². The number of likely N-dealkylation sites (tertiary alicyclic amines) is 1. The third-order valence-electron chi connectivity index (χ3n) is 5.42. The van der Waals surface area contributed by atoms with E-state index in [1.54, 1.807) is 4.90 Å². The normalized spacial score (nSPS) is 27.8. The monoisotopic (exact) mass is 370 g/mol. The fraction of sp³-hybridized carbons (Fsp3) is 0.889. The average Bonchev–Trinajstić information content (AvgIpc) is 2.74. The summed E-state index contributed by atoms with van der Waals surface area (Å²) < 4.78 is 12.1. The highest BCUT2D eigenvalue weighted by atomic mass is 28.4. The zero-order valence-corrected chi connectivity index (χ0v) is 17.9. The lowest BCUT2D eigenvalue weighted by molar-refractivity contribution is -0.129. The van der Waals surface area contributed by atoms with Crippen molar-refractivity contribution in [3.8, 4) is 0 Å². The van der Waals surface area contributed by atoms with Gasteiger partial charge in [0.2, 0.25) is 5.91 Å². The van der Waals surface area contributed by atoms with Crippen molar-refractivity contribution in [2.45, 2.75) is 96.3 Å². The fourth-order valence-corrected chi connectivity index (χ4v) is 4.39. The van der Waals surface area contributed by atoms with Gasteiger partial charge >= 0.3 is 6.09 Å². The number of nitrogens with zero attached hydrogens (tertiary/aromatic N) is 1. The summed E-state index contributed by atoms with van der Waals surface area (Å²) in [6.45, 7) is 17.2. The van der Waals surface area contributed by atoms with Gasteiger partial charge in [0, 0.05) is 13.0 Å². The molecule has 2 heterocycles. The number of amides is 2. The Morgan fingerprint density at radius 3 is 2.20 bits per heavy atom. The molecule has 2 aliphatic rings. The minimum Gasteiger partial charge on any atom is -0.444 e. The molecular weight excluding hydrogens is 336 g/mol. The van der Waals surface area contributed by atoms with Crippen LogP contribution in [0.25, 0.3) is 0 Å². The summed E-state index contributed by atoms with van der Waals surface area (Å²) in [5.41, 5.74) is -0.539. The third-order valence-corrected chi connectivity index (χ3v) is 9.95. The molecule has 0 radical (unpaired) electrons. The fourth-order valence-electron chi connectivity index (χ4n) is 3.03. The number of rotatable bonds is 3. The number of ether oxygens (including phenoxy) is 1. The van der Waals surface area contributed by atoms with E-state index in [-0.39, 0.29) is 35.2 Å². The first kappa shape index (κ1) is 20.2. The molecule has 3 atom stereocenters. The van der Waals surface area contributed by atoms with Crippen LogP contribution in [-0.4, -0.2) is 55.6 Å². The van der Waals surface area contributed by atoms with Crippen LogP contribution in [0.15, 0.2) is 0 Å². The molecule has 0 aromatic rings. The predicted octanol–water partition coefficient (Wildman–Crippen LogP) is 3.27. The summed E-state index contributed by atoms with van der Waals surface area (Å²) in [4.78, 5) is 25.8. The number of hydrogen-bond acceptors (Lipinski definition) is 4. The molecule has 2 aliphatic heterocycles. The van der Waals surface area contributed by atoms with Gasteiger partial charge in [-0.05, 0) is 45.3 Å². The Hall–Kier alpha value is -1.08. The van der Waals surface area contributed by atoms with Crippen molar-refractivity contribution in [3.05, 3.63) is 0 Å². The molecule has 7 heteroatoms. The van der Waals surface area contributed by atoms with E-state index in [2.05, 4.69) is 39.2 Å². The second-order valence-electron chi connectivity index (χ2n) is 9.81. The topological polar surface area (TPSA) is 67.9 Å². The molecule has 1 unspecified atom stereocenters. The highest BCUT2D eigenvalue weighted by Gasteiger charge is 2.48. The van der Waals surface area contributed by atoms with Crippen LogP contribution < -0.4 is 5.32 Å². The lowest BCUT2D eigenvalue weighted by Crippen LogP contribution is -2.59. The summed E-state index contributed by atoms with van der Waals surface area (Å²) in [5.74, 6) is 0.0444. The third kappa shape index (κ3) is 4.76. The number of hydrogen-bond donors (Lipinski definition) is 1. The van der Waals surface area contributed by atoms with Crippen molar-refractivity contribution in [1.29, 1.82) is 0 Å². The van der Waals surface area contributed by atoms with Crippen LogP contribution in [0.1, 0.15) is 54.4 Å². The van der Waals surface area contributed by atoms with Gasteiger partial charge in [-0.25, -0.2) is 4.79 Å². The quantitative estimate of drug-likeness (QED) is 0.611. The highest BCUT2D eigenvalue weighted by molar-refractivity contribution is 6.74. The zero-order chi connectivity index (χ0) is 19.2. The summed E-state index contributed by atoms with van der Waals surface area (Å²) in [7, 11) is -1.92. The molecule has 0 bridgehead atoms. The first-order valence-electron chi connectivity index (χ1n) is 9.16. The van der Waals surface area contributed by atoms with E-state index in [9.17, 15) is 9.59 Å². The van der Waals surface area contributed by atoms with Gasteiger partial charge in [-0.3, -0.25) is 4.79 Å². The molecule has 0 spiro atoms. The largest absolute Gasteiger partial charge is 0.444 e. The SMILES string of the molecule is CC(C)(C)OC(=O)N1C[C@H](O[Si](C)(C)C(C)(C)C)C[C@H]1C1CC(=O)N1. The molecule has 6 nitrogen and oxygen atoms in total. The number of carbonyl (C=O) groups is 2. The van der Waals surface area contributed by atoms with Crippen molar-refractivity contribution in [2.75, 3.05) is 6.54 Å². The first-order valence-corrected chi connectivity index (χ1v) is 12.1. The van der Waals surface area contributed by atoms with E-state index >= 15 is 0 Å². The molecule has 144 valence electrons. The standard InChI is InChI=1S/C18H34N2O4Si/c1-17(2,3)23-16(22)20-11-12(24-25(7,8)18(4,5)6)9-14(20)13-10-15(21)19-13/h12-14H,9-11H2,1-8H3,(H,19,21)/t12-,13?,14+/m1/s1. The molecule has 2 saturated heterocycles. The van der Waals surface area contributed by atoms with E-state index in [0.29, 0.717) is 13.0 Å². The lowest BCUT2D eigenvalue weighted by atomic mass is 9.95. The molecule has 2 rings (SSSR count). The van der Waals surface area contributed by atoms with Gasteiger partial charge in [0.1, 0.15) is 5.60 Å². The van der Waals surface area contributed by atoms with Crippen molar-refractivity contribution in [1.82, 2.24) is 10.2 Å². The Balaban J connectivity index is 2.11. The van der Waals surface area contributed by atoms with Gasteiger partial charge in [-0.1, -0.05) is 20.8 Å². The van der Waals surface area contributed by atoms with Crippen molar-refractivity contribution in [3.63, 3.8) is 0 Å². The molecule has 0 aliphatic carbocycles. The van der Waals surface area contributed by atoms with E-state index in [0.717, 1.165) is 6.42 Å². The minimum atomic E-state index is -1.92. The van der Waals surface area contributed by atoms with Crippen LogP contribution >= 0.6 is 0 Å². The van der Waals surface area contributed by atoms with Gasteiger partial charge in [0.25, 0.3) is 0 Å². The second kappa shape index (κ2) is 6.58. The van der Waals surface area contributed by atoms with E-state index < -0.39 is 13.9 Å². The Kier molecular flexibility index (Phi) is 5.32. The molecule has 0 saturated carbocycles. The van der Waals surface area contributed by atoms with Crippen LogP contribution in [0.5, 0.6) is 0 Å². The van der Waals surface area contributed by atoms with E-state index in [4.69, 9.17) is 9.16 Å². The van der Waals surface area contributed by atoms with Gasteiger partial charge in [0.15, 0.2) is 8.32 Å². The molecule has 1 N–H and O–H groups in total. The van der Waals surface area contributed by atoms with Gasteiger partial charge in [-0.2, -0.15) is 0 Å². The molecule has 2 fully saturated rings. The van der Waals surface area contributed by atoms with Crippen molar-refractivity contribution in [2.24, 2.45) is 0 Å². The highest BCUT2D eigenvalue weighted by Crippen LogP contribution is 2.39. The Bertz CT molecular complexity index is 528. The van der Waals surface area contributed by atoms with E-state index in [1.165, 1.54) is 0 Å². The lowest BCUT2D eigenvalue weighted by Gasteiger charge is -2.38. The smallest absolute Gasteiger partial charge is 0.410 e. The van der Waals surface area contributed by atoms with Crippen LogP contribution in [-0.2, 0) is 14.0 Å². The summed E-state index contributed by atoms with van der Waals surface area (Å²) in [5, 5.41) is 3.03. The van der Waals surface area contributed by atoms with E-state index in [1.807, 2.05) is 20.8 Å². The maximum Gasteiger partial charge on any atom is 0.410 e. The summed E-state index contributed by atoms with van der Waals surface area (Å²) in [6.07, 6.45) is 0.893. The Labute approximate surface area is 152 Å². The molecule has 2 amide bonds. The average molecular weight is 371 g/mol. The number of carbonyl (C=O) groups excluding carboxylic acids is 2. The Morgan fingerprint density at radius 1 is 1.20 bits per heavy atom. The number of β-lactam (4-membered cyclic amide) rings is 1. The van der Waals surface area contributed by atoms with Gasteiger partial charge in [0.05, 0.1) is 18.2 Å². The predicted molar refractivity (Wildman–Crippen MR) is 100.0 cm³/mol. The number of nitrogens with one attached hydrogen (secondary N) is 1. The first-order chi connectivity index (χ1) is 11.2. The molecule has 0 aromatic heterocycles. The van der Waals surface area contributed by atoms with Crippen molar-refractivity contribution >= 4 is 20.3 Å². The maximum absolute atomic E-state index is 12.7. The molecule has 0 aromatic carbocycles. The summed E-state index contributed by atoms with van der Waals surface area (Å²) in [6, 6.07) is -0.0460. The minimum absolute atomic E-state index is 0.00379. The van der Waals surface area contributed by atoms with Gasteiger partial charge in [-0.15, -0.1) is 0 Å². The zero-order valence-electron chi connectivity index (χ0n) is 16.9. The van der Waals surface area contributed by atoms with Crippen LogP contribution in [0.3, 0.4) is 0 Å². The maximum atomic E-state index is 12.7. The van der Waals surface area contributed by atoms with Crippen LogP contribution in [0, 0.1) is 0 Å². The Morgan fingerprint density at radius 2 is 1.76 bits per heavy atom. The summed E-state index contributed by atoms with van der Waals surface area (Å²) >= 11 is 0. The second-order valence-corrected chi connectivity index (χ2v) is 14.6.